The van der Waals surface area contributed by atoms with Crippen molar-refractivity contribution < 1.29 is 14.6 Å². The van der Waals surface area contributed by atoms with Crippen LogP contribution in [-0.2, 0) is 17.6 Å². The van der Waals surface area contributed by atoms with Gasteiger partial charge in [0.05, 0.1) is 36.0 Å². The summed E-state index contributed by atoms with van der Waals surface area (Å²) in [6.07, 6.45) is 5.96. The standard InChI is InChI=1S/C19H19N5O3S/c1-26-15-6-13-10(7-22-24-13)4-14(15)23-18-17-12-3-2-11(27-9-25)5-16(12)28-19(17)21-8-20-18/h4,6-8,11,25H,2-3,5,9H2,1H3,(H,22,24)(H,20,21,23). The number of aliphatic hydroxyl groups is 1. The van der Waals surface area contributed by atoms with Crippen molar-refractivity contribution in [3.63, 3.8) is 0 Å². The SMILES string of the molecule is COc1cc2[nH]ncc2cc1Nc1ncnc2sc3c(c12)CCC(OCO)C3. The first-order chi connectivity index (χ1) is 13.8. The lowest BCUT2D eigenvalue weighted by atomic mass is 9.94. The molecule has 0 amide bonds. The molecule has 1 aliphatic carbocycles. The Bertz CT molecular complexity index is 1160. The second kappa shape index (κ2) is 7.01. The van der Waals surface area contributed by atoms with Gasteiger partial charge >= 0.3 is 0 Å². The highest BCUT2D eigenvalue weighted by molar-refractivity contribution is 7.19. The first-order valence-electron chi connectivity index (χ1n) is 9.02. The summed E-state index contributed by atoms with van der Waals surface area (Å²) in [6.45, 7) is -0.242. The van der Waals surface area contributed by atoms with Gasteiger partial charge in [0.2, 0.25) is 0 Å². The molecule has 0 bridgehead atoms. The van der Waals surface area contributed by atoms with Crippen molar-refractivity contribution in [3.8, 4) is 5.75 Å². The minimum absolute atomic E-state index is 0.0542. The molecule has 3 aromatic heterocycles. The number of H-pyrrole nitrogens is 1. The van der Waals surface area contributed by atoms with Crippen molar-refractivity contribution >= 4 is 44.0 Å². The van der Waals surface area contributed by atoms with Gasteiger partial charge < -0.3 is 19.9 Å². The molecule has 3 heterocycles. The summed E-state index contributed by atoms with van der Waals surface area (Å²) >= 11 is 1.67. The number of hydrogen-bond donors (Lipinski definition) is 3. The number of methoxy groups -OCH3 is 1. The van der Waals surface area contributed by atoms with E-state index in [2.05, 4.69) is 25.5 Å². The van der Waals surface area contributed by atoms with E-state index < -0.39 is 0 Å². The van der Waals surface area contributed by atoms with Crippen LogP contribution in [0.3, 0.4) is 0 Å². The zero-order valence-corrected chi connectivity index (χ0v) is 16.0. The Labute approximate surface area is 164 Å². The number of fused-ring (bicyclic) bond motifs is 4. The zero-order valence-electron chi connectivity index (χ0n) is 15.2. The third-order valence-electron chi connectivity index (χ3n) is 5.12. The maximum atomic E-state index is 9.05. The number of nitrogens with one attached hydrogen (secondary N) is 2. The number of rotatable bonds is 5. The zero-order chi connectivity index (χ0) is 19.1. The quantitative estimate of drug-likeness (QED) is 0.444. The first kappa shape index (κ1) is 17.4. The number of thiophene rings is 1. The van der Waals surface area contributed by atoms with Crippen molar-refractivity contribution in [2.24, 2.45) is 0 Å². The molecule has 0 spiro atoms. The normalized spacial score (nSPS) is 16.4. The Hall–Kier alpha value is -2.75. The molecule has 0 fully saturated rings. The number of anilines is 2. The Kier molecular flexibility index (Phi) is 4.34. The summed E-state index contributed by atoms with van der Waals surface area (Å²) in [5.74, 6) is 1.48. The fraction of sp³-hybridized carbons (Fsp3) is 0.316. The molecule has 1 aliphatic rings. The molecular weight excluding hydrogens is 378 g/mol. The van der Waals surface area contributed by atoms with Crippen LogP contribution in [0.4, 0.5) is 11.5 Å². The lowest BCUT2D eigenvalue weighted by Gasteiger charge is -2.21. The van der Waals surface area contributed by atoms with Gasteiger partial charge in [-0.25, -0.2) is 9.97 Å². The molecule has 8 nitrogen and oxygen atoms in total. The number of aromatic amines is 1. The van der Waals surface area contributed by atoms with E-state index in [9.17, 15) is 0 Å². The van der Waals surface area contributed by atoms with E-state index in [1.807, 2.05) is 12.1 Å². The lowest BCUT2D eigenvalue weighted by molar-refractivity contribution is -0.0536. The van der Waals surface area contributed by atoms with Crippen molar-refractivity contribution in [3.05, 3.63) is 35.1 Å². The minimum Gasteiger partial charge on any atom is -0.494 e. The van der Waals surface area contributed by atoms with Crippen molar-refractivity contribution in [1.82, 2.24) is 20.2 Å². The van der Waals surface area contributed by atoms with Crippen molar-refractivity contribution in [1.29, 1.82) is 0 Å². The Balaban J connectivity index is 1.57. The van der Waals surface area contributed by atoms with Gasteiger partial charge in [-0.2, -0.15) is 5.10 Å². The van der Waals surface area contributed by atoms with E-state index >= 15 is 0 Å². The average Bonchev–Trinajstić information content (AvgIpc) is 3.31. The van der Waals surface area contributed by atoms with Crippen LogP contribution in [0.2, 0.25) is 0 Å². The maximum Gasteiger partial charge on any atom is 0.144 e. The molecule has 1 aromatic carbocycles. The summed E-state index contributed by atoms with van der Waals surface area (Å²) in [7, 11) is 1.64. The van der Waals surface area contributed by atoms with Gasteiger partial charge in [0.1, 0.15) is 29.5 Å². The number of aryl methyl sites for hydroxylation is 1. The maximum absolute atomic E-state index is 9.05. The molecule has 1 unspecified atom stereocenters. The predicted octanol–water partition coefficient (Wildman–Crippen LogP) is 3.14. The molecule has 9 heteroatoms. The fourth-order valence-corrected chi connectivity index (χ4v) is 5.04. The Morgan fingerprint density at radius 2 is 2.29 bits per heavy atom. The second-order valence-corrected chi connectivity index (χ2v) is 7.79. The van der Waals surface area contributed by atoms with Gasteiger partial charge in [0, 0.05) is 22.8 Å². The van der Waals surface area contributed by atoms with Crippen LogP contribution >= 0.6 is 11.3 Å². The molecule has 4 aromatic rings. The second-order valence-electron chi connectivity index (χ2n) is 6.70. The van der Waals surface area contributed by atoms with Crippen LogP contribution in [0.1, 0.15) is 16.9 Å². The molecular formula is C19H19N5O3S. The first-order valence-corrected chi connectivity index (χ1v) is 9.84. The number of aromatic nitrogens is 4. The van der Waals surface area contributed by atoms with Crippen LogP contribution < -0.4 is 10.1 Å². The van der Waals surface area contributed by atoms with E-state index in [1.165, 1.54) is 10.4 Å². The lowest BCUT2D eigenvalue weighted by Crippen LogP contribution is -2.21. The van der Waals surface area contributed by atoms with Crippen LogP contribution in [-0.4, -0.2) is 45.3 Å². The van der Waals surface area contributed by atoms with E-state index in [4.69, 9.17) is 14.6 Å². The van der Waals surface area contributed by atoms with Gasteiger partial charge in [-0.3, -0.25) is 5.10 Å². The van der Waals surface area contributed by atoms with Crippen molar-refractivity contribution in [2.45, 2.75) is 25.4 Å². The third kappa shape index (κ3) is 2.88. The molecule has 0 saturated heterocycles. The summed E-state index contributed by atoms with van der Waals surface area (Å²) in [6, 6.07) is 3.92. The van der Waals surface area contributed by atoms with E-state index in [0.29, 0.717) is 5.75 Å². The largest absolute Gasteiger partial charge is 0.494 e. The number of aliphatic hydroxyl groups excluding tert-OH is 1. The summed E-state index contributed by atoms with van der Waals surface area (Å²) < 4.78 is 11.0. The fourth-order valence-electron chi connectivity index (χ4n) is 3.79. The highest BCUT2D eigenvalue weighted by atomic mass is 32.1. The Morgan fingerprint density at radius 3 is 3.14 bits per heavy atom. The van der Waals surface area contributed by atoms with Crippen molar-refractivity contribution in [2.75, 3.05) is 19.2 Å². The van der Waals surface area contributed by atoms with E-state index in [0.717, 1.165) is 51.9 Å². The number of ether oxygens (including phenoxy) is 2. The summed E-state index contributed by atoms with van der Waals surface area (Å²) in [5.41, 5.74) is 3.01. The third-order valence-corrected chi connectivity index (χ3v) is 6.29. The summed E-state index contributed by atoms with van der Waals surface area (Å²) in [5, 5.41) is 21.6. The van der Waals surface area contributed by atoms with Gasteiger partial charge in [0.25, 0.3) is 0 Å². The molecule has 0 radical (unpaired) electrons. The van der Waals surface area contributed by atoms with Crippen LogP contribution in [0, 0.1) is 0 Å². The van der Waals surface area contributed by atoms with E-state index in [-0.39, 0.29) is 12.9 Å². The minimum atomic E-state index is -0.242. The van der Waals surface area contributed by atoms with Gasteiger partial charge in [-0.15, -0.1) is 11.3 Å². The topological polar surface area (TPSA) is 105 Å². The molecule has 0 saturated carbocycles. The Morgan fingerprint density at radius 1 is 1.36 bits per heavy atom. The number of hydrogen-bond acceptors (Lipinski definition) is 8. The smallest absolute Gasteiger partial charge is 0.144 e. The number of nitrogens with zero attached hydrogens (tertiary/aromatic N) is 3. The average molecular weight is 397 g/mol. The van der Waals surface area contributed by atoms with Gasteiger partial charge in [-0.05, 0) is 24.5 Å². The van der Waals surface area contributed by atoms with Crippen LogP contribution in [0.5, 0.6) is 5.75 Å². The number of benzene rings is 1. The highest BCUT2D eigenvalue weighted by Crippen LogP contribution is 2.40. The van der Waals surface area contributed by atoms with Crippen LogP contribution in [0.25, 0.3) is 21.1 Å². The molecule has 0 aliphatic heterocycles. The molecule has 3 N–H and O–H groups in total. The summed E-state index contributed by atoms with van der Waals surface area (Å²) in [4.78, 5) is 11.2. The monoisotopic (exact) mass is 397 g/mol. The molecule has 5 rings (SSSR count). The van der Waals surface area contributed by atoms with Gasteiger partial charge in [0.15, 0.2) is 0 Å². The van der Waals surface area contributed by atoms with Crippen LogP contribution in [0.15, 0.2) is 24.7 Å². The van der Waals surface area contributed by atoms with Gasteiger partial charge in [-0.1, -0.05) is 0 Å². The van der Waals surface area contributed by atoms with E-state index in [1.54, 1.807) is 31.0 Å². The molecule has 1 atom stereocenters. The molecule has 144 valence electrons. The predicted molar refractivity (Wildman–Crippen MR) is 107 cm³/mol. The highest BCUT2D eigenvalue weighted by Gasteiger charge is 2.25. The molecule has 28 heavy (non-hydrogen) atoms.